The number of allylic oxidation sites excluding steroid dienone is 1. The Hall–Kier alpha value is -2.32. The third-order valence-corrected chi connectivity index (χ3v) is 2.74. The number of carbonyl (C=O) groups excluding carboxylic acids is 1. The van der Waals surface area contributed by atoms with E-state index in [4.69, 9.17) is 11.5 Å². The number of carbonyl (C=O) groups is 1. The van der Waals surface area contributed by atoms with E-state index in [2.05, 4.69) is 17.2 Å². The van der Waals surface area contributed by atoms with Gasteiger partial charge in [0.1, 0.15) is 11.7 Å². The minimum absolute atomic E-state index is 0.259. The molecule has 0 aromatic heterocycles. The molecule has 0 aliphatic rings. The van der Waals surface area contributed by atoms with Gasteiger partial charge < -0.3 is 22.1 Å². The Kier molecular flexibility index (Phi) is 6.35. The molecule has 1 aromatic rings. The minimum atomic E-state index is -4.66. The maximum absolute atomic E-state index is 12.6. The molecule has 23 heavy (non-hydrogen) atoms. The Morgan fingerprint density at radius 2 is 2.09 bits per heavy atom. The summed E-state index contributed by atoms with van der Waals surface area (Å²) in [6, 6.07) is 4.37. The molecule has 1 rings (SSSR count). The molecule has 1 amide bonds. The standard InChI is InChI=1S/C15H19F3N4O/c1-9(2)21-14(23)12(7-13(20)15(16,17)18)22-11-5-3-4-10(6-11)8-19/h3-7,13,22H,1,8,19-20H2,2H3,(H,21,23)/b12-7-. The Morgan fingerprint density at radius 3 is 2.61 bits per heavy atom. The zero-order valence-corrected chi connectivity index (χ0v) is 12.6. The van der Waals surface area contributed by atoms with Gasteiger partial charge in [0.15, 0.2) is 0 Å². The van der Waals surface area contributed by atoms with E-state index in [-0.39, 0.29) is 12.2 Å². The van der Waals surface area contributed by atoms with Crippen molar-refractivity contribution in [2.24, 2.45) is 11.5 Å². The average molecular weight is 328 g/mol. The summed E-state index contributed by atoms with van der Waals surface area (Å²) in [6.45, 7) is 5.25. The molecular formula is C15H19F3N4O. The number of benzene rings is 1. The molecule has 0 heterocycles. The molecule has 0 saturated heterocycles. The van der Waals surface area contributed by atoms with Crippen LogP contribution in [-0.4, -0.2) is 18.1 Å². The van der Waals surface area contributed by atoms with Crippen LogP contribution in [0.25, 0.3) is 0 Å². The SMILES string of the molecule is C=C(C)NC(=O)/C(=C/C(N)C(F)(F)F)Nc1cccc(CN)c1. The van der Waals surface area contributed by atoms with Crippen LogP contribution >= 0.6 is 0 Å². The van der Waals surface area contributed by atoms with Crippen molar-refractivity contribution in [1.29, 1.82) is 0 Å². The predicted octanol–water partition coefficient (Wildman–Crippen LogP) is 1.98. The topological polar surface area (TPSA) is 93.2 Å². The van der Waals surface area contributed by atoms with Crippen molar-refractivity contribution in [3.8, 4) is 0 Å². The number of anilines is 1. The number of hydrogen-bond donors (Lipinski definition) is 4. The summed E-state index contributed by atoms with van der Waals surface area (Å²) in [5.74, 6) is -0.768. The highest BCUT2D eigenvalue weighted by atomic mass is 19.4. The van der Waals surface area contributed by atoms with Gasteiger partial charge in [-0.1, -0.05) is 18.7 Å². The van der Waals surface area contributed by atoms with Crippen molar-refractivity contribution in [3.63, 3.8) is 0 Å². The largest absolute Gasteiger partial charge is 0.407 e. The molecule has 0 aliphatic heterocycles. The van der Waals surface area contributed by atoms with Gasteiger partial charge in [-0.2, -0.15) is 13.2 Å². The molecule has 1 unspecified atom stereocenters. The summed E-state index contributed by atoms with van der Waals surface area (Å²) in [7, 11) is 0. The molecule has 0 fully saturated rings. The highest BCUT2D eigenvalue weighted by Crippen LogP contribution is 2.21. The summed E-state index contributed by atoms with van der Waals surface area (Å²) in [5.41, 5.74) is 11.7. The molecule has 0 aliphatic carbocycles. The first kappa shape index (κ1) is 18.7. The van der Waals surface area contributed by atoms with E-state index in [9.17, 15) is 18.0 Å². The second kappa shape index (κ2) is 7.80. The summed E-state index contributed by atoms with van der Waals surface area (Å²) in [5, 5.41) is 4.97. The summed E-state index contributed by atoms with van der Waals surface area (Å²) < 4.78 is 37.9. The summed E-state index contributed by atoms with van der Waals surface area (Å²) in [6.07, 6.45) is -4.04. The van der Waals surface area contributed by atoms with Gasteiger partial charge in [0.05, 0.1) is 0 Å². The van der Waals surface area contributed by atoms with Crippen LogP contribution in [0.2, 0.25) is 0 Å². The van der Waals surface area contributed by atoms with Crippen molar-refractivity contribution in [1.82, 2.24) is 5.32 Å². The zero-order valence-electron chi connectivity index (χ0n) is 12.6. The maximum Gasteiger partial charge on any atom is 0.407 e. The van der Waals surface area contributed by atoms with E-state index < -0.39 is 18.1 Å². The van der Waals surface area contributed by atoms with Crippen LogP contribution in [0, 0.1) is 0 Å². The zero-order chi connectivity index (χ0) is 17.6. The monoisotopic (exact) mass is 328 g/mol. The average Bonchev–Trinajstić information content (AvgIpc) is 2.45. The van der Waals surface area contributed by atoms with Gasteiger partial charge in [0.2, 0.25) is 0 Å². The molecule has 0 bridgehead atoms. The van der Waals surface area contributed by atoms with E-state index in [1.807, 2.05) is 0 Å². The lowest BCUT2D eigenvalue weighted by atomic mass is 10.2. The Bertz CT molecular complexity index is 611. The number of nitrogens with two attached hydrogens (primary N) is 2. The van der Waals surface area contributed by atoms with Gasteiger partial charge in [-0.05, 0) is 30.7 Å². The lowest BCUT2D eigenvalue weighted by molar-refractivity contribution is -0.137. The van der Waals surface area contributed by atoms with Crippen LogP contribution in [0.5, 0.6) is 0 Å². The highest BCUT2D eigenvalue weighted by Gasteiger charge is 2.36. The molecule has 6 N–H and O–H groups in total. The van der Waals surface area contributed by atoms with Crippen LogP contribution in [-0.2, 0) is 11.3 Å². The summed E-state index contributed by atoms with van der Waals surface area (Å²) >= 11 is 0. The molecule has 1 aromatic carbocycles. The number of amides is 1. The number of rotatable bonds is 6. The van der Waals surface area contributed by atoms with E-state index >= 15 is 0 Å². The molecule has 0 spiro atoms. The molecule has 8 heteroatoms. The van der Waals surface area contributed by atoms with E-state index in [0.29, 0.717) is 17.5 Å². The van der Waals surface area contributed by atoms with Crippen LogP contribution in [0.1, 0.15) is 12.5 Å². The van der Waals surface area contributed by atoms with Gasteiger partial charge in [-0.3, -0.25) is 4.79 Å². The molecule has 1 atom stereocenters. The Labute approximate surface area is 132 Å². The molecule has 5 nitrogen and oxygen atoms in total. The molecular weight excluding hydrogens is 309 g/mol. The van der Waals surface area contributed by atoms with Gasteiger partial charge in [0.25, 0.3) is 5.91 Å². The van der Waals surface area contributed by atoms with Crippen LogP contribution in [0.4, 0.5) is 18.9 Å². The first-order valence-electron chi connectivity index (χ1n) is 6.70. The van der Waals surface area contributed by atoms with E-state index in [1.165, 1.54) is 6.92 Å². The molecule has 126 valence electrons. The second-order valence-electron chi connectivity index (χ2n) is 4.91. The first-order valence-corrected chi connectivity index (χ1v) is 6.70. The van der Waals surface area contributed by atoms with Crippen molar-refractivity contribution in [3.05, 3.63) is 53.9 Å². The van der Waals surface area contributed by atoms with Crippen molar-refractivity contribution < 1.29 is 18.0 Å². The normalized spacial score (nSPS) is 13.4. The fourth-order valence-corrected chi connectivity index (χ4v) is 1.64. The smallest absolute Gasteiger partial charge is 0.351 e. The number of alkyl halides is 3. The van der Waals surface area contributed by atoms with Gasteiger partial charge in [-0.25, -0.2) is 0 Å². The lowest BCUT2D eigenvalue weighted by Crippen LogP contribution is -2.37. The van der Waals surface area contributed by atoms with Gasteiger partial charge in [0, 0.05) is 17.9 Å². The number of halogens is 3. The van der Waals surface area contributed by atoms with Crippen LogP contribution in [0.15, 0.2) is 48.3 Å². The highest BCUT2D eigenvalue weighted by molar-refractivity contribution is 5.97. The fraction of sp³-hybridized carbons (Fsp3) is 0.267. The number of hydrogen-bond acceptors (Lipinski definition) is 4. The minimum Gasteiger partial charge on any atom is -0.351 e. The third kappa shape index (κ3) is 6.13. The van der Waals surface area contributed by atoms with Crippen LogP contribution in [0.3, 0.4) is 0 Å². The number of nitrogens with one attached hydrogen (secondary N) is 2. The second-order valence-corrected chi connectivity index (χ2v) is 4.91. The van der Waals surface area contributed by atoms with Gasteiger partial charge >= 0.3 is 6.18 Å². The van der Waals surface area contributed by atoms with Gasteiger partial charge in [-0.15, -0.1) is 0 Å². The van der Waals surface area contributed by atoms with E-state index in [1.54, 1.807) is 24.3 Å². The lowest BCUT2D eigenvalue weighted by Gasteiger charge is -2.16. The quantitative estimate of drug-likeness (QED) is 0.601. The molecule has 0 saturated carbocycles. The first-order chi connectivity index (χ1) is 10.6. The maximum atomic E-state index is 12.6. The third-order valence-electron chi connectivity index (χ3n) is 2.74. The van der Waals surface area contributed by atoms with Crippen molar-refractivity contribution in [2.45, 2.75) is 25.7 Å². The predicted molar refractivity (Wildman–Crippen MR) is 83.0 cm³/mol. The molecule has 0 radical (unpaired) electrons. The summed E-state index contributed by atoms with van der Waals surface area (Å²) in [4.78, 5) is 12.0. The Morgan fingerprint density at radius 1 is 1.43 bits per heavy atom. The van der Waals surface area contributed by atoms with E-state index in [0.717, 1.165) is 5.56 Å². The fourth-order valence-electron chi connectivity index (χ4n) is 1.64. The van der Waals surface area contributed by atoms with Crippen molar-refractivity contribution >= 4 is 11.6 Å². The Balaban J connectivity index is 3.10. The van der Waals surface area contributed by atoms with Crippen LogP contribution < -0.4 is 22.1 Å². The van der Waals surface area contributed by atoms with Crippen molar-refractivity contribution in [2.75, 3.05) is 5.32 Å².